The van der Waals surface area contributed by atoms with Gasteiger partial charge in [0.15, 0.2) is 9.84 Å². The molecule has 0 aliphatic heterocycles. The summed E-state index contributed by atoms with van der Waals surface area (Å²) in [7, 11) is -0.182. The molecule has 1 amide bonds. The maximum absolute atomic E-state index is 13.7. The number of hydrogen-bond donors (Lipinski definition) is 1. The molecule has 0 bridgehead atoms. The zero-order chi connectivity index (χ0) is 20.6. The quantitative estimate of drug-likeness (QED) is 0.612. The number of carbonyl (C=O) groups is 1. The summed E-state index contributed by atoms with van der Waals surface area (Å²) in [6.07, 6.45) is 0.639. The lowest BCUT2D eigenvalue weighted by atomic mass is 10.2. The number of amides is 1. The highest BCUT2D eigenvalue weighted by Gasteiger charge is 2.15. The Labute approximate surface area is 165 Å². The standard InChI is InChI=1S/C20H25FN2O4S/c1-23(19-7-4-3-6-18(19)21)13-5-12-22-20(24)16-8-10-17(11-9-16)28(25,26)15-14-27-2/h3-4,6-11H,5,12-15H2,1-2H3,(H,22,24). The molecule has 2 rings (SSSR count). The van der Waals surface area contributed by atoms with Gasteiger partial charge in [0.1, 0.15) is 5.82 Å². The van der Waals surface area contributed by atoms with E-state index in [1.54, 1.807) is 30.1 Å². The minimum absolute atomic E-state index is 0.107. The van der Waals surface area contributed by atoms with Crippen molar-refractivity contribution in [3.63, 3.8) is 0 Å². The molecule has 0 spiro atoms. The number of anilines is 1. The molecule has 0 heterocycles. The van der Waals surface area contributed by atoms with E-state index >= 15 is 0 Å². The van der Waals surface area contributed by atoms with Crippen LogP contribution in [0.3, 0.4) is 0 Å². The fourth-order valence-electron chi connectivity index (χ4n) is 2.63. The first-order valence-corrected chi connectivity index (χ1v) is 10.6. The first-order valence-electron chi connectivity index (χ1n) is 8.91. The van der Waals surface area contributed by atoms with Crippen molar-refractivity contribution in [1.29, 1.82) is 0 Å². The first-order chi connectivity index (χ1) is 13.3. The third-order valence-corrected chi connectivity index (χ3v) is 5.95. The van der Waals surface area contributed by atoms with E-state index in [0.717, 1.165) is 0 Å². The van der Waals surface area contributed by atoms with Crippen LogP contribution >= 0.6 is 0 Å². The van der Waals surface area contributed by atoms with Gasteiger partial charge in [-0.2, -0.15) is 0 Å². The Morgan fingerprint density at radius 1 is 1.14 bits per heavy atom. The Hall–Kier alpha value is -2.45. The maximum Gasteiger partial charge on any atom is 0.251 e. The van der Waals surface area contributed by atoms with Gasteiger partial charge < -0.3 is 15.0 Å². The van der Waals surface area contributed by atoms with Gasteiger partial charge in [0.2, 0.25) is 0 Å². The van der Waals surface area contributed by atoms with Gasteiger partial charge >= 0.3 is 0 Å². The highest BCUT2D eigenvalue weighted by atomic mass is 32.2. The van der Waals surface area contributed by atoms with E-state index < -0.39 is 9.84 Å². The topological polar surface area (TPSA) is 75.7 Å². The molecule has 0 aromatic heterocycles. The van der Waals surface area contributed by atoms with Crippen molar-refractivity contribution in [2.24, 2.45) is 0 Å². The number of ether oxygens (including phenoxy) is 1. The molecule has 0 aliphatic carbocycles. The molecule has 28 heavy (non-hydrogen) atoms. The van der Waals surface area contributed by atoms with E-state index in [1.807, 2.05) is 0 Å². The van der Waals surface area contributed by atoms with Crippen molar-refractivity contribution in [3.8, 4) is 0 Å². The zero-order valence-electron chi connectivity index (χ0n) is 16.0. The lowest BCUT2D eigenvalue weighted by molar-refractivity contribution is 0.0953. The van der Waals surface area contributed by atoms with Crippen molar-refractivity contribution in [3.05, 3.63) is 59.9 Å². The van der Waals surface area contributed by atoms with Crippen LogP contribution in [0.5, 0.6) is 0 Å². The molecule has 8 heteroatoms. The average molecular weight is 408 g/mol. The summed E-state index contributed by atoms with van der Waals surface area (Å²) in [5, 5.41) is 2.78. The molecule has 152 valence electrons. The van der Waals surface area contributed by atoms with E-state index in [1.165, 1.54) is 37.4 Å². The second kappa shape index (κ2) is 10.2. The summed E-state index contributed by atoms with van der Waals surface area (Å²) in [5.74, 6) is -0.672. The van der Waals surface area contributed by atoms with Crippen LogP contribution in [0.4, 0.5) is 10.1 Å². The van der Waals surface area contributed by atoms with Crippen LogP contribution in [0.2, 0.25) is 0 Å². The van der Waals surface area contributed by atoms with Gasteiger partial charge in [0, 0.05) is 32.8 Å². The molecule has 6 nitrogen and oxygen atoms in total. The van der Waals surface area contributed by atoms with Gasteiger partial charge in [0.05, 0.1) is 22.9 Å². The van der Waals surface area contributed by atoms with Crippen LogP contribution < -0.4 is 10.2 Å². The fraction of sp³-hybridized carbons (Fsp3) is 0.350. The van der Waals surface area contributed by atoms with E-state index in [-0.39, 0.29) is 29.0 Å². The SMILES string of the molecule is COCCS(=O)(=O)c1ccc(C(=O)NCCCN(C)c2ccccc2F)cc1. The number of hydrogen-bond acceptors (Lipinski definition) is 5. The molecular formula is C20H25FN2O4S. The molecule has 0 unspecified atom stereocenters. The number of sulfone groups is 1. The van der Waals surface area contributed by atoms with Gasteiger partial charge in [-0.15, -0.1) is 0 Å². The van der Waals surface area contributed by atoms with Gasteiger partial charge in [-0.1, -0.05) is 12.1 Å². The summed E-state index contributed by atoms with van der Waals surface area (Å²) in [6, 6.07) is 12.3. The summed E-state index contributed by atoms with van der Waals surface area (Å²) in [6.45, 7) is 1.12. The second-order valence-electron chi connectivity index (χ2n) is 6.32. The number of nitrogens with one attached hydrogen (secondary N) is 1. The third kappa shape index (κ3) is 6.03. The molecule has 0 atom stereocenters. The predicted octanol–water partition coefficient (Wildman–Crippen LogP) is 2.50. The van der Waals surface area contributed by atoms with Crippen LogP contribution in [0.1, 0.15) is 16.8 Å². The van der Waals surface area contributed by atoms with E-state index in [9.17, 15) is 17.6 Å². The number of carbonyl (C=O) groups excluding carboxylic acids is 1. The molecule has 0 fully saturated rings. The monoisotopic (exact) mass is 408 g/mol. The second-order valence-corrected chi connectivity index (χ2v) is 8.43. The summed E-state index contributed by atoms with van der Waals surface area (Å²) in [4.78, 5) is 14.1. The third-order valence-electron chi connectivity index (χ3n) is 4.25. The van der Waals surface area contributed by atoms with Crippen molar-refractivity contribution in [1.82, 2.24) is 5.32 Å². The largest absolute Gasteiger partial charge is 0.384 e. The van der Waals surface area contributed by atoms with Gasteiger partial charge in [-0.25, -0.2) is 12.8 Å². The smallest absolute Gasteiger partial charge is 0.251 e. The predicted molar refractivity (Wildman–Crippen MR) is 107 cm³/mol. The lowest BCUT2D eigenvalue weighted by Crippen LogP contribution is -2.28. The van der Waals surface area contributed by atoms with Crippen molar-refractivity contribution < 1.29 is 22.3 Å². The molecule has 0 aliphatic rings. The van der Waals surface area contributed by atoms with Crippen LogP contribution in [-0.4, -0.2) is 53.9 Å². The molecular weight excluding hydrogens is 383 g/mol. The molecule has 1 N–H and O–H groups in total. The number of para-hydroxylation sites is 1. The maximum atomic E-state index is 13.7. The molecule has 2 aromatic rings. The molecule has 0 saturated carbocycles. The lowest BCUT2D eigenvalue weighted by Gasteiger charge is -2.19. The normalized spacial score (nSPS) is 11.2. The summed E-state index contributed by atoms with van der Waals surface area (Å²) in [5.41, 5.74) is 0.896. The van der Waals surface area contributed by atoms with Crippen LogP contribution in [0, 0.1) is 5.82 Å². The fourth-order valence-corrected chi connectivity index (χ4v) is 3.80. The molecule has 0 saturated heterocycles. The van der Waals surface area contributed by atoms with Crippen LogP contribution in [0.25, 0.3) is 0 Å². The Balaban J connectivity index is 1.82. The minimum Gasteiger partial charge on any atom is -0.384 e. The highest BCUT2D eigenvalue weighted by molar-refractivity contribution is 7.91. The first kappa shape index (κ1) is 21.8. The number of nitrogens with zero attached hydrogens (tertiary/aromatic N) is 1. The van der Waals surface area contributed by atoms with E-state index in [4.69, 9.17) is 4.74 Å². The average Bonchev–Trinajstić information content (AvgIpc) is 2.69. The molecule has 0 radical (unpaired) electrons. The van der Waals surface area contributed by atoms with Gasteiger partial charge in [-0.3, -0.25) is 4.79 Å². The van der Waals surface area contributed by atoms with E-state index in [2.05, 4.69) is 5.32 Å². The van der Waals surface area contributed by atoms with E-state index in [0.29, 0.717) is 30.8 Å². The molecule has 2 aromatic carbocycles. The summed E-state index contributed by atoms with van der Waals surface area (Å²) >= 11 is 0. The van der Waals surface area contributed by atoms with Crippen molar-refractivity contribution in [2.75, 3.05) is 44.5 Å². The number of methoxy groups -OCH3 is 1. The Kier molecular flexibility index (Phi) is 7.95. The van der Waals surface area contributed by atoms with Gasteiger partial charge in [-0.05, 0) is 42.8 Å². The summed E-state index contributed by atoms with van der Waals surface area (Å²) < 4.78 is 42.7. The Morgan fingerprint density at radius 3 is 2.46 bits per heavy atom. The van der Waals surface area contributed by atoms with Crippen molar-refractivity contribution in [2.45, 2.75) is 11.3 Å². The highest BCUT2D eigenvalue weighted by Crippen LogP contribution is 2.17. The van der Waals surface area contributed by atoms with Crippen LogP contribution in [0.15, 0.2) is 53.4 Å². The Morgan fingerprint density at radius 2 is 1.82 bits per heavy atom. The minimum atomic E-state index is -3.42. The Bertz CT molecular complexity index is 885. The van der Waals surface area contributed by atoms with Crippen LogP contribution in [-0.2, 0) is 14.6 Å². The van der Waals surface area contributed by atoms with Crippen molar-refractivity contribution >= 4 is 21.4 Å². The number of benzene rings is 2. The zero-order valence-corrected chi connectivity index (χ0v) is 16.8. The van der Waals surface area contributed by atoms with Gasteiger partial charge in [0.25, 0.3) is 5.91 Å². The number of halogens is 1. The number of rotatable bonds is 10.